The number of non-ortho nitro benzene ring substituents is 1. The van der Waals surface area contributed by atoms with Gasteiger partial charge in [0.05, 0.1) is 36.1 Å². The van der Waals surface area contributed by atoms with Crippen molar-refractivity contribution in [3.05, 3.63) is 88.0 Å². The molecule has 12 heteroatoms. The molecule has 3 rings (SSSR count). The van der Waals surface area contributed by atoms with Gasteiger partial charge < -0.3 is 19.5 Å². The molecule has 0 fully saturated rings. The number of carbonyl (C=O) groups is 3. The number of nitrogens with zero attached hydrogens (tertiary/aromatic N) is 2. The standard InChI is InChI=1S/C25H22N4O8/c1-15(27-28-24(31)23(30)26-21-13-12-20(35-2)14-22(21)36-3)16-6-10-19(11-7-16)37-25(32)17-4-8-18(9-5-17)29(33)34/h4-14H,1-3H3,(H,26,30)(H,28,31)/b27-15+. The van der Waals surface area contributed by atoms with E-state index >= 15 is 0 Å². The zero-order chi connectivity index (χ0) is 26.9. The van der Waals surface area contributed by atoms with Crippen molar-refractivity contribution >= 4 is 34.9 Å². The van der Waals surface area contributed by atoms with Gasteiger partial charge in [-0.05, 0) is 61.0 Å². The fourth-order valence-electron chi connectivity index (χ4n) is 2.98. The number of hydrazone groups is 1. The molecule has 37 heavy (non-hydrogen) atoms. The molecule has 3 aromatic rings. The average Bonchev–Trinajstić information content (AvgIpc) is 2.92. The SMILES string of the molecule is COc1ccc(NC(=O)C(=O)N/N=C(\C)c2ccc(OC(=O)c3ccc([N+](=O)[O-])cc3)cc2)c(OC)c1. The number of nitrogens with one attached hydrogen (secondary N) is 2. The molecule has 0 aliphatic carbocycles. The lowest BCUT2D eigenvalue weighted by Gasteiger charge is -2.11. The van der Waals surface area contributed by atoms with Crippen LogP contribution < -0.4 is 25.0 Å². The Morgan fingerprint density at radius 2 is 1.46 bits per heavy atom. The highest BCUT2D eigenvalue weighted by Crippen LogP contribution is 2.28. The Hall–Kier alpha value is -5.26. The normalized spacial score (nSPS) is 10.7. The number of nitro groups is 1. The highest BCUT2D eigenvalue weighted by molar-refractivity contribution is 6.39. The molecule has 0 saturated heterocycles. The summed E-state index contributed by atoms with van der Waals surface area (Å²) in [7, 11) is 2.91. The van der Waals surface area contributed by atoms with E-state index < -0.39 is 22.7 Å². The molecule has 2 N–H and O–H groups in total. The monoisotopic (exact) mass is 506 g/mol. The third-order valence-corrected chi connectivity index (χ3v) is 4.98. The van der Waals surface area contributed by atoms with Crippen LogP contribution in [0.3, 0.4) is 0 Å². The van der Waals surface area contributed by atoms with Crippen LogP contribution in [0.1, 0.15) is 22.8 Å². The number of methoxy groups -OCH3 is 2. The molecule has 0 spiro atoms. The van der Waals surface area contributed by atoms with Gasteiger partial charge in [0.2, 0.25) is 0 Å². The van der Waals surface area contributed by atoms with Crippen LogP contribution in [0.25, 0.3) is 0 Å². The summed E-state index contributed by atoms with van der Waals surface area (Å²) in [5.74, 6) is -1.56. The molecule has 0 atom stereocenters. The van der Waals surface area contributed by atoms with Crippen molar-refractivity contribution < 1.29 is 33.5 Å². The lowest BCUT2D eigenvalue weighted by atomic mass is 10.1. The second-order valence-electron chi connectivity index (χ2n) is 7.38. The third-order valence-electron chi connectivity index (χ3n) is 4.98. The molecule has 0 aliphatic heterocycles. The van der Waals surface area contributed by atoms with Crippen LogP contribution in [-0.4, -0.2) is 42.6 Å². The first kappa shape index (κ1) is 26.3. The zero-order valence-electron chi connectivity index (χ0n) is 20.0. The van der Waals surface area contributed by atoms with Gasteiger partial charge in [0.15, 0.2) is 0 Å². The highest BCUT2D eigenvalue weighted by atomic mass is 16.6. The number of carbonyl (C=O) groups excluding carboxylic acids is 3. The van der Waals surface area contributed by atoms with Gasteiger partial charge in [-0.1, -0.05) is 0 Å². The number of hydrogen-bond donors (Lipinski definition) is 2. The van der Waals surface area contributed by atoms with Gasteiger partial charge in [0, 0.05) is 18.2 Å². The summed E-state index contributed by atoms with van der Waals surface area (Å²) in [4.78, 5) is 46.8. The fourth-order valence-corrected chi connectivity index (χ4v) is 2.98. The Balaban J connectivity index is 1.58. The van der Waals surface area contributed by atoms with Crippen molar-refractivity contribution in [1.82, 2.24) is 5.43 Å². The Labute approximate surface area is 211 Å². The van der Waals surface area contributed by atoms with Gasteiger partial charge in [-0.25, -0.2) is 10.2 Å². The van der Waals surface area contributed by atoms with Crippen molar-refractivity contribution in [3.63, 3.8) is 0 Å². The van der Waals surface area contributed by atoms with E-state index in [0.717, 1.165) is 0 Å². The Morgan fingerprint density at radius 3 is 2.05 bits per heavy atom. The summed E-state index contributed by atoms with van der Waals surface area (Å²) < 4.78 is 15.5. The van der Waals surface area contributed by atoms with Gasteiger partial charge in [-0.3, -0.25) is 19.7 Å². The molecular weight excluding hydrogens is 484 g/mol. The first-order chi connectivity index (χ1) is 17.7. The van der Waals surface area contributed by atoms with E-state index in [1.54, 1.807) is 31.2 Å². The third kappa shape index (κ3) is 6.88. The second-order valence-corrected chi connectivity index (χ2v) is 7.38. The summed E-state index contributed by atoms with van der Waals surface area (Å²) in [6.07, 6.45) is 0. The van der Waals surface area contributed by atoms with Crippen molar-refractivity contribution in [1.29, 1.82) is 0 Å². The molecule has 190 valence electrons. The maximum absolute atomic E-state index is 12.2. The quantitative estimate of drug-likeness (QED) is 0.118. The van der Waals surface area contributed by atoms with Gasteiger partial charge in [0.1, 0.15) is 17.2 Å². The molecular formula is C25H22N4O8. The molecule has 0 unspecified atom stereocenters. The van der Waals surface area contributed by atoms with E-state index in [2.05, 4.69) is 15.8 Å². The zero-order valence-corrected chi connectivity index (χ0v) is 20.0. The van der Waals surface area contributed by atoms with Gasteiger partial charge in [0.25, 0.3) is 5.69 Å². The molecule has 0 radical (unpaired) electrons. The minimum Gasteiger partial charge on any atom is -0.497 e. The van der Waals surface area contributed by atoms with Crippen LogP contribution in [0, 0.1) is 10.1 Å². The Morgan fingerprint density at radius 1 is 0.838 bits per heavy atom. The predicted octanol–water partition coefficient (Wildman–Crippen LogP) is 3.31. The Bertz CT molecular complexity index is 1350. The van der Waals surface area contributed by atoms with E-state index in [4.69, 9.17) is 14.2 Å². The number of amides is 2. The van der Waals surface area contributed by atoms with Crippen LogP contribution in [0.4, 0.5) is 11.4 Å². The fraction of sp³-hybridized carbons (Fsp3) is 0.120. The van der Waals surface area contributed by atoms with Crippen LogP contribution in [0.2, 0.25) is 0 Å². The minimum atomic E-state index is -0.995. The molecule has 0 aromatic heterocycles. The van der Waals surface area contributed by atoms with E-state index in [1.165, 1.54) is 56.7 Å². The van der Waals surface area contributed by atoms with Crippen LogP contribution >= 0.6 is 0 Å². The molecule has 3 aromatic carbocycles. The number of anilines is 1. The topological polar surface area (TPSA) is 158 Å². The lowest BCUT2D eigenvalue weighted by Crippen LogP contribution is -2.33. The Kier molecular flexibility index (Phi) is 8.49. The van der Waals surface area contributed by atoms with Gasteiger partial charge >= 0.3 is 17.8 Å². The number of rotatable bonds is 8. The maximum Gasteiger partial charge on any atom is 0.343 e. The summed E-state index contributed by atoms with van der Waals surface area (Å²) in [5.41, 5.74) is 3.45. The van der Waals surface area contributed by atoms with E-state index in [9.17, 15) is 24.5 Å². The molecule has 0 heterocycles. The predicted molar refractivity (Wildman–Crippen MR) is 133 cm³/mol. The highest BCUT2D eigenvalue weighted by Gasteiger charge is 2.16. The van der Waals surface area contributed by atoms with E-state index in [1.807, 2.05) is 0 Å². The summed E-state index contributed by atoms with van der Waals surface area (Å²) in [6.45, 7) is 1.61. The van der Waals surface area contributed by atoms with Crippen LogP contribution in [-0.2, 0) is 9.59 Å². The average molecular weight is 506 g/mol. The van der Waals surface area contributed by atoms with E-state index in [0.29, 0.717) is 22.8 Å². The summed E-state index contributed by atoms with van der Waals surface area (Å²) in [5, 5.41) is 17.1. The molecule has 0 saturated carbocycles. The van der Waals surface area contributed by atoms with Crippen molar-refractivity contribution in [2.24, 2.45) is 5.10 Å². The van der Waals surface area contributed by atoms with Crippen molar-refractivity contribution in [2.75, 3.05) is 19.5 Å². The number of benzene rings is 3. The molecule has 2 amide bonds. The number of ether oxygens (including phenoxy) is 3. The largest absolute Gasteiger partial charge is 0.497 e. The number of hydrogen-bond acceptors (Lipinski definition) is 9. The van der Waals surface area contributed by atoms with E-state index in [-0.39, 0.29) is 22.7 Å². The van der Waals surface area contributed by atoms with Crippen molar-refractivity contribution in [3.8, 4) is 17.2 Å². The van der Waals surface area contributed by atoms with Gasteiger partial charge in [-0.15, -0.1) is 0 Å². The lowest BCUT2D eigenvalue weighted by molar-refractivity contribution is -0.384. The second kappa shape index (κ2) is 11.9. The number of nitro benzene ring substituents is 1. The molecule has 12 nitrogen and oxygen atoms in total. The van der Waals surface area contributed by atoms with Crippen LogP contribution in [0.5, 0.6) is 17.2 Å². The number of esters is 1. The first-order valence-electron chi connectivity index (χ1n) is 10.7. The van der Waals surface area contributed by atoms with Crippen LogP contribution in [0.15, 0.2) is 71.8 Å². The minimum absolute atomic E-state index is 0.138. The van der Waals surface area contributed by atoms with Crippen molar-refractivity contribution in [2.45, 2.75) is 6.92 Å². The summed E-state index contributed by atoms with van der Waals surface area (Å²) in [6, 6.07) is 16.0. The molecule has 0 bridgehead atoms. The van der Waals surface area contributed by atoms with Gasteiger partial charge in [-0.2, -0.15) is 5.10 Å². The summed E-state index contributed by atoms with van der Waals surface area (Å²) >= 11 is 0. The smallest absolute Gasteiger partial charge is 0.343 e. The molecule has 0 aliphatic rings. The first-order valence-corrected chi connectivity index (χ1v) is 10.7. The maximum atomic E-state index is 12.2.